The molecule has 1 spiro atoms. The van der Waals surface area contributed by atoms with E-state index in [1.165, 1.54) is 0 Å². The molecule has 178 valence electrons. The molecule has 2 heterocycles. The highest BCUT2D eigenvalue weighted by molar-refractivity contribution is 6.01. The summed E-state index contributed by atoms with van der Waals surface area (Å²) in [6.45, 7) is 0.655. The second kappa shape index (κ2) is 7.42. The number of rotatable bonds is 4. The molecule has 4 N–H and O–H groups in total. The normalized spacial score (nSPS) is 23.6. The van der Waals surface area contributed by atoms with E-state index in [1.807, 2.05) is 53.4 Å². The van der Waals surface area contributed by atoms with Crippen LogP contribution in [-0.4, -0.2) is 33.2 Å². The lowest BCUT2D eigenvalue weighted by Crippen LogP contribution is -2.33. The Kier molecular flexibility index (Phi) is 4.36. The van der Waals surface area contributed by atoms with Crippen molar-refractivity contribution in [3.63, 3.8) is 0 Å². The maximum atomic E-state index is 13.6. The topological polar surface area (TPSA) is 99.4 Å². The first-order valence-corrected chi connectivity index (χ1v) is 12.3. The van der Waals surface area contributed by atoms with Crippen molar-refractivity contribution in [2.24, 2.45) is 5.92 Å². The number of Topliss-reactive ketones (excluding diaryl/α,β-unsaturated/α-hetero) is 1. The fourth-order valence-electron chi connectivity index (χ4n) is 6.23. The van der Waals surface area contributed by atoms with Gasteiger partial charge >= 0.3 is 0 Å². The van der Waals surface area contributed by atoms with Crippen LogP contribution in [0.3, 0.4) is 0 Å². The summed E-state index contributed by atoms with van der Waals surface area (Å²) in [5.41, 5.74) is 12.1. The number of aromatic amines is 1. The van der Waals surface area contributed by atoms with Gasteiger partial charge in [-0.15, -0.1) is 0 Å². The van der Waals surface area contributed by atoms with Gasteiger partial charge in [-0.25, -0.2) is 0 Å². The van der Waals surface area contributed by atoms with Gasteiger partial charge in [0.05, 0.1) is 6.10 Å². The quantitative estimate of drug-likeness (QED) is 0.298. The fraction of sp³-hybridized carbons (Fsp3) is 0.200. The molecule has 6 nitrogen and oxygen atoms in total. The molecular formula is C30H25N3O3. The van der Waals surface area contributed by atoms with Crippen molar-refractivity contribution in [2.45, 2.75) is 24.4 Å². The van der Waals surface area contributed by atoms with Gasteiger partial charge < -0.3 is 20.7 Å². The molecule has 1 saturated carbocycles. The number of anilines is 1. The number of benzene rings is 3. The minimum absolute atomic E-state index is 0.0193. The number of hydrogen-bond donors (Lipinski definition) is 3. The van der Waals surface area contributed by atoms with Gasteiger partial charge in [-0.1, -0.05) is 30.3 Å². The smallest absolute Gasteiger partial charge is 0.274 e. The van der Waals surface area contributed by atoms with Gasteiger partial charge in [-0.2, -0.15) is 0 Å². The van der Waals surface area contributed by atoms with E-state index in [0.29, 0.717) is 29.4 Å². The number of nitrogens with one attached hydrogen (secondary N) is 1. The number of aliphatic hydroxyl groups excluding tert-OH is 1. The van der Waals surface area contributed by atoms with Crippen LogP contribution in [0.25, 0.3) is 10.9 Å². The highest BCUT2D eigenvalue weighted by Crippen LogP contribution is 2.67. The summed E-state index contributed by atoms with van der Waals surface area (Å²) in [4.78, 5) is 31.4. The number of fused-ring (bicyclic) bond motifs is 2. The number of aliphatic hydroxyl groups is 1. The van der Waals surface area contributed by atoms with Gasteiger partial charge in [-0.3, -0.25) is 9.59 Å². The second-order valence-electron chi connectivity index (χ2n) is 10.2. The number of hydrogen-bond acceptors (Lipinski definition) is 4. The number of amides is 1. The number of nitrogens with zero attached hydrogens (tertiary/aromatic N) is 1. The monoisotopic (exact) mass is 475 g/mol. The van der Waals surface area contributed by atoms with Gasteiger partial charge in [0.1, 0.15) is 5.69 Å². The van der Waals surface area contributed by atoms with E-state index in [1.54, 1.807) is 24.3 Å². The van der Waals surface area contributed by atoms with Crippen LogP contribution in [-0.2, 0) is 11.8 Å². The van der Waals surface area contributed by atoms with Gasteiger partial charge in [0.2, 0.25) is 0 Å². The zero-order valence-electron chi connectivity index (χ0n) is 19.6. The van der Waals surface area contributed by atoms with Crippen LogP contribution in [0, 0.1) is 5.92 Å². The number of carbonyl (C=O) groups excluding carboxylic acids is 2. The first kappa shape index (κ1) is 21.1. The highest BCUT2D eigenvalue weighted by atomic mass is 16.3. The molecule has 1 saturated heterocycles. The number of aromatic nitrogens is 1. The molecule has 1 unspecified atom stereocenters. The van der Waals surface area contributed by atoms with E-state index in [9.17, 15) is 14.7 Å². The molecule has 1 amide bonds. The maximum absolute atomic E-state index is 13.6. The molecule has 3 aromatic carbocycles. The van der Waals surface area contributed by atoms with E-state index in [4.69, 9.17) is 5.73 Å². The third-order valence-electron chi connectivity index (χ3n) is 8.09. The zero-order chi connectivity index (χ0) is 24.6. The number of likely N-dealkylation sites (tertiary alicyclic amines) is 1. The zero-order valence-corrected chi connectivity index (χ0v) is 19.6. The molecule has 3 aliphatic rings. The van der Waals surface area contributed by atoms with Crippen molar-refractivity contribution in [1.29, 1.82) is 0 Å². The van der Waals surface area contributed by atoms with E-state index in [2.05, 4.69) is 11.1 Å². The summed E-state index contributed by atoms with van der Waals surface area (Å²) in [5, 5.41) is 11.7. The Labute approximate surface area is 208 Å². The molecule has 3 atom stereocenters. The standard InChI is InChI=1S/C30H25N3O3/c31-21-8-6-18(7-9-21)26(34)12-17-5-10-24-19(11-17)13-25(32-24)29(36)33-16-20-15-30(20)23-4-2-1-3-22(23)27(35)14-28(30)33/h1-11,13-14,20,27,32,35H,12,15-16,31H2/t20-,27?,30-/m1/s1. The number of H-pyrrole nitrogens is 1. The van der Waals surface area contributed by atoms with Gasteiger partial charge in [0.25, 0.3) is 5.91 Å². The van der Waals surface area contributed by atoms with Crippen LogP contribution in [0.2, 0.25) is 0 Å². The molecular weight excluding hydrogens is 450 g/mol. The Morgan fingerprint density at radius 1 is 1.06 bits per heavy atom. The van der Waals surface area contributed by atoms with Gasteiger partial charge in [0.15, 0.2) is 5.78 Å². The minimum Gasteiger partial charge on any atom is -0.399 e. The van der Waals surface area contributed by atoms with Crippen LogP contribution in [0.4, 0.5) is 5.69 Å². The fourth-order valence-corrected chi connectivity index (χ4v) is 6.23. The molecule has 2 fully saturated rings. The number of nitrogen functional groups attached to an aromatic ring is 1. The van der Waals surface area contributed by atoms with E-state index >= 15 is 0 Å². The van der Waals surface area contributed by atoms with Crippen LogP contribution >= 0.6 is 0 Å². The summed E-state index contributed by atoms with van der Waals surface area (Å²) in [6, 6.07) is 22.6. The molecule has 36 heavy (non-hydrogen) atoms. The maximum Gasteiger partial charge on any atom is 0.274 e. The molecule has 1 aliphatic heterocycles. The van der Waals surface area contributed by atoms with E-state index < -0.39 is 6.10 Å². The largest absolute Gasteiger partial charge is 0.399 e. The Morgan fingerprint density at radius 3 is 2.69 bits per heavy atom. The highest BCUT2D eigenvalue weighted by Gasteiger charge is 2.67. The van der Waals surface area contributed by atoms with Crippen molar-refractivity contribution < 1.29 is 14.7 Å². The SMILES string of the molecule is Nc1ccc(C(=O)Cc2ccc3[nH]c(C(=O)N4C[C@H]5C[C@@]56C4=CC(O)c4ccccc46)cc3c2)cc1. The molecule has 2 aliphatic carbocycles. The van der Waals surface area contributed by atoms with Crippen molar-refractivity contribution in [3.05, 3.63) is 113 Å². The summed E-state index contributed by atoms with van der Waals surface area (Å²) in [6.07, 6.45) is 2.44. The Bertz CT molecular complexity index is 1600. The summed E-state index contributed by atoms with van der Waals surface area (Å²) >= 11 is 0. The third kappa shape index (κ3) is 3.01. The van der Waals surface area contributed by atoms with Crippen molar-refractivity contribution in [1.82, 2.24) is 9.88 Å². The molecule has 7 rings (SSSR count). The number of nitrogens with two attached hydrogens (primary N) is 1. The lowest BCUT2D eigenvalue weighted by Gasteiger charge is -2.31. The Morgan fingerprint density at radius 2 is 1.86 bits per heavy atom. The van der Waals surface area contributed by atoms with Gasteiger partial charge in [0, 0.05) is 46.2 Å². The number of carbonyl (C=O) groups is 2. The van der Waals surface area contributed by atoms with Crippen LogP contribution < -0.4 is 5.73 Å². The van der Waals surface area contributed by atoms with Crippen molar-refractivity contribution in [2.75, 3.05) is 12.3 Å². The van der Waals surface area contributed by atoms with Crippen molar-refractivity contribution in [3.8, 4) is 0 Å². The summed E-state index contributed by atoms with van der Waals surface area (Å²) < 4.78 is 0. The second-order valence-corrected chi connectivity index (χ2v) is 10.2. The number of ketones is 1. The van der Waals surface area contributed by atoms with Crippen LogP contribution in [0.5, 0.6) is 0 Å². The minimum atomic E-state index is -0.708. The predicted octanol–water partition coefficient (Wildman–Crippen LogP) is 4.52. The van der Waals surface area contributed by atoms with Crippen molar-refractivity contribution >= 4 is 28.3 Å². The van der Waals surface area contributed by atoms with Crippen LogP contribution in [0.1, 0.15) is 50.1 Å². The molecule has 6 heteroatoms. The van der Waals surface area contributed by atoms with Crippen LogP contribution in [0.15, 0.2) is 84.6 Å². The number of piperidine rings is 1. The summed E-state index contributed by atoms with van der Waals surface area (Å²) in [7, 11) is 0. The van der Waals surface area contributed by atoms with Gasteiger partial charge in [-0.05, 0) is 77.6 Å². The van der Waals surface area contributed by atoms with E-state index in [0.717, 1.165) is 39.7 Å². The third-order valence-corrected chi connectivity index (χ3v) is 8.09. The molecule has 0 radical (unpaired) electrons. The average molecular weight is 476 g/mol. The van der Waals surface area contributed by atoms with E-state index in [-0.39, 0.29) is 23.5 Å². The molecule has 0 bridgehead atoms. The molecule has 1 aromatic heterocycles. The number of allylic oxidation sites excluding steroid dienone is 1. The first-order valence-electron chi connectivity index (χ1n) is 12.3. The lowest BCUT2D eigenvalue weighted by atomic mass is 9.81. The Hall–Kier alpha value is -4.16. The Balaban J connectivity index is 1.16. The predicted molar refractivity (Wildman–Crippen MR) is 137 cm³/mol. The lowest BCUT2D eigenvalue weighted by molar-refractivity contribution is 0.0803. The summed E-state index contributed by atoms with van der Waals surface area (Å²) in [5.74, 6) is 0.317. The molecule has 4 aromatic rings. The first-order chi connectivity index (χ1) is 17.4. The average Bonchev–Trinajstić information content (AvgIpc) is 3.27.